The average molecular weight is 335 g/mol. The molecule has 6 nitrogen and oxygen atoms in total. The van der Waals surface area contributed by atoms with Gasteiger partial charge in [-0.05, 0) is 37.2 Å². The highest BCUT2D eigenvalue weighted by molar-refractivity contribution is 5.76. The van der Waals surface area contributed by atoms with E-state index in [2.05, 4.69) is 12.0 Å². The maximum absolute atomic E-state index is 12.5. The van der Waals surface area contributed by atoms with Crippen molar-refractivity contribution in [3.05, 3.63) is 18.0 Å². The highest BCUT2D eigenvalue weighted by Gasteiger charge is 2.45. The van der Waals surface area contributed by atoms with Crippen LogP contribution in [0.1, 0.15) is 38.2 Å². The second-order valence-electron chi connectivity index (χ2n) is 7.39. The average Bonchev–Trinajstić information content (AvgIpc) is 3.01. The molecule has 0 bridgehead atoms. The Kier molecular flexibility index (Phi) is 5.25. The van der Waals surface area contributed by atoms with E-state index in [1.54, 1.807) is 4.68 Å². The lowest BCUT2D eigenvalue weighted by atomic mass is 9.70. The summed E-state index contributed by atoms with van der Waals surface area (Å²) in [4.78, 5) is 14.4. The number of ether oxygens (including phenoxy) is 1. The van der Waals surface area contributed by atoms with E-state index in [9.17, 15) is 9.90 Å². The van der Waals surface area contributed by atoms with Gasteiger partial charge in [0.2, 0.25) is 5.91 Å². The molecule has 3 heterocycles. The van der Waals surface area contributed by atoms with Crippen LogP contribution in [0, 0.1) is 11.8 Å². The summed E-state index contributed by atoms with van der Waals surface area (Å²) in [6.45, 7) is 4.88. The third kappa shape index (κ3) is 3.64. The van der Waals surface area contributed by atoms with Crippen molar-refractivity contribution in [1.82, 2.24) is 14.7 Å². The van der Waals surface area contributed by atoms with E-state index in [0.29, 0.717) is 31.8 Å². The van der Waals surface area contributed by atoms with Gasteiger partial charge in [0.15, 0.2) is 0 Å². The van der Waals surface area contributed by atoms with Gasteiger partial charge in [0, 0.05) is 51.9 Å². The van der Waals surface area contributed by atoms with Gasteiger partial charge >= 0.3 is 0 Å². The largest absolute Gasteiger partial charge is 0.389 e. The zero-order valence-electron chi connectivity index (χ0n) is 14.8. The number of amides is 1. The van der Waals surface area contributed by atoms with Crippen LogP contribution in [-0.4, -0.2) is 57.6 Å². The number of rotatable bonds is 4. The van der Waals surface area contributed by atoms with Crippen molar-refractivity contribution in [2.75, 3.05) is 26.3 Å². The molecule has 2 aliphatic rings. The first-order valence-corrected chi connectivity index (χ1v) is 9.04. The van der Waals surface area contributed by atoms with E-state index in [-0.39, 0.29) is 11.8 Å². The lowest BCUT2D eigenvalue weighted by molar-refractivity contribution is -0.151. The summed E-state index contributed by atoms with van der Waals surface area (Å²) in [5.41, 5.74) is 0.443. The van der Waals surface area contributed by atoms with Gasteiger partial charge in [-0.15, -0.1) is 0 Å². The molecule has 2 saturated heterocycles. The summed E-state index contributed by atoms with van der Waals surface area (Å²) >= 11 is 0. The Bertz CT molecular complexity index is 568. The van der Waals surface area contributed by atoms with Gasteiger partial charge in [-0.3, -0.25) is 9.48 Å². The van der Waals surface area contributed by atoms with E-state index in [4.69, 9.17) is 4.74 Å². The molecule has 2 aliphatic heterocycles. The Morgan fingerprint density at radius 1 is 1.46 bits per heavy atom. The Balaban J connectivity index is 1.53. The van der Waals surface area contributed by atoms with Gasteiger partial charge in [0.1, 0.15) is 0 Å². The fourth-order valence-corrected chi connectivity index (χ4v) is 4.18. The van der Waals surface area contributed by atoms with Crippen molar-refractivity contribution in [3.63, 3.8) is 0 Å². The third-order valence-corrected chi connectivity index (χ3v) is 5.80. The molecule has 1 amide bonds. The summed E-state index contributed by atoms with van der Waals surface area (Å²) in [6.07, 6.45) is 7.53. The predicted octanol–water partition coefficient (Wildman–Crippen LogP) is 1.38. The summed E-state index contributed by atoms with van der Waals surface area (Å²) in [5, 5.41) is 15.3. The number of carbonyl (C=O) groups is 1. The van der Waals surface area contributed by atoms with Crippen molar-refractivity contribution in [2.24, 2.45) is 18.9 Å². The van der Waals surface area contributed by atoms with E-state index >= 15 is 0 Å². The third-order valence-electron chi connectivity index (χ3n) is 5.80. The molecule has 0 aromatic carbocycles. The maximum atomic E-state index is 12.5. The second-order valence-corrected chi connectivity index (χ2v) is 7.39. The number of carbonyl (C=O) groups excluding carboxylic acids is 1. The van der Waals surface area contributed by atoms with Crippen molar-refractivity contribution in [2.45, 2.75) is 44.6 Å². The highest BCUT2D eigenvalue weighted by atomic mass is 16.5. The Hall–Kier alpha value is -1.40. The van der Waals surface area contributed by atoms with E-state index < -0.39 is 5.60 Å². The smallest absolute Gasteiger partial charge is 0.222 e. The number of nitrogens with zero attached hydrogens (tertiary/aromatic N) is 3. The molecule has 1 aromatic heterocycles. The van der Waals surface area contributed by atoms with Crippen LogP contribution in [-0.2, 0) is 23.0 Å². The molecular weight excluding hydrogens is 306 g/mol. The van der Waals surface area contributed by atoms with Crippen LogP contribution in [0.5, 0.6) is 0 Å². The van der Waals surface area contributed by atoms with E-state index in [1.165, 1.54) is 0 Å². The molecule has 6 heteroatoms. The molecule has 1 aromatic rings. The molecule has 24 heavy (non-hydrogen) atoms. The topological polar surface area (TPSA) is 67.6 Å². The summed E-state index contributed by atoms with van der Waals surface area (Å²) < 4.78 is 7.18. The van der Waals surface area contributed by atoms with Crippen molar-refractivity contribution < 1.29 is 14.6 Å². The zero-order valence-corrected chi connectivity index (χ0v) is 14.8. The van der Waals surface area contributed by atoms with Gasteiger partial charge < -0.3 is 14.7 Å². The van der Waals surface area contributed by atoms with E-state index in [1.807, 2.05) is 24.3 Å². The van der Waals surface area contributed by atoms with Gasteiger partial charge in [-0.25, -0.2) is 0 Å². The first-order valence-electron chi connectivity index (χ1n) is 9.04. The monoisotopic (exact) mass is 335 g/mol. The van der Waals surface area contributed by atoms with Crippen molar-refractivity contribution in [1.29, 1.82) is 0 Å². The second kappa shape index (κ2) is 7.23. The number of aromatic nitrogens is 2. The summed E-state index contributed by atoms with van der Waals surface area (Å²) in [7, 11) is 1.88. The lowest BCUT2D eigenvalue weighted by Crippen LogP contribution is -2.56. The van der Waals surface area contributed by atoms with Gasteiger partial charge in [-0.1, -0.05) is 6.92 Å². The lowest BCUT2D eigenvalue weighted by Gasteiger charge is -2.48. The number of hydrogen-bond acceptors (Lipinski definition) is 4. The van der Waals surface area contributed by atoms with Gasteiger partial charge in [-0.2, -0.15) is 5.10 Å². The normalized spacial score (nSPS) is 29.0. The van der Waals surface area contributed by atoms with Crippen LogP contribution in [0.4, 0.5) is 0 Å². The zero-order chi connectivity index (χ0) is 17.2. The SMILES string of the molecule is C[C@@H]1CN(C(=O)CCc2cnn(C)c2)CC[C@@]1(O)C1CCOCC1. The minimum Gasteiger partial charge on any atom is -0.389 e. The Morgan fingerprint density at radius 2 is 2.21 bits per heavy atom. The number of piperidine rings is 1. The molecule has 0 aliphatic carbocycles. The number of aryl methyl sites for hydroxylation is 2. The molecule has 1 N–H and O–H groups in total. The first kappa shape index (κ1) is 17.4. The standard InChI is InChI=1S/C18H29N3O3/c1-14-12-21(17(22)4-3-15-11-19-20(2)13-15)8-7-18(14,23)16-5-9-24-10-6-16/h11,13-14,16,23H,3-10,12H2,1-2H3/t14-,18+/m1/s1. The molecule has 2 fully saturated rings. The molecule has 134 valence electrons. The van der Waals surface area contributed by atoms with E-state index in [0.717, 1.165) is 38.0 Å². The molecule has 2 atom stereocenters. The minimum atomic E-state index is -0.649. The van der Waals surface area contributed by atoms with Crippen LogP contribution >= 0.6 is 0 Å². The van der Waals surface area contributed by atoms with Crippen LogP contribution in [0.2, 0.25) is 0 Å². The van der Waals surface area contributed by atoms with Gasteiger partial charge in [0.05, 0.1) is 11.8 Å². The molecule has 0 unspecified atom stereocenters. The van der Waals surface area contributed by atoms with Crippen molar-refractivity contribution >= 4 is 5.91 Å². The first-order chi connectivity index (χ1) is 11.5. The number of aliphatic hydroxyl groups is 1. The summed E-state index contributed by atoms with van der Waals surface area (Å²) in [6, 6.07) is 0. The van der Waals surface area contributed by atoms with Crippen LogP contribution < -0.4 is 0 Å². The molecule has 0 spiro atoms. The van der Waals surface area contributed by atoms with Crippen molar-refractivity contribution in [3.8, 4) is 0 Å². The number of likely N-dealkylation sites (tertiary alicyclic amines) is 1. The van der Waals surface area contributed by atoms with Crippen LogP contribution in [0.25, 0.3) is 0 Å². The fourth-order valence-electron chi connectivity index (χ4n) is 4.18. The Morgan fingerprint density at radius 3 is 2.83 bits per heavy atom. The highest BCUT2D eigenvalue weighted by Crippen LogP contribution is 2.39. The quantitative estimate of drug-likeness (QED) is 0.903. The van der Waals surface area contributed by atoms with Gasteiger partial charge in [0.25, 0.3) is 0 Å². The predicted molar refractivity (Wildman–Crippen MR) is 90.4 cm³/mol. The molecule has 3 rings (SSSR count). The minimum absolute atomic E-state index is 0.108. The number of hydrogen-bond donors (Lipinski definition) is 1. The molecular formula is C18H29N3O3. The molecule has 0 saturated carbocycles. The Labute approximate surface area is 143 Å². The van der Waals surface area contributed by atoms with Crippen LogP contribution in [0.15, 0.2) is 12.4 Å². The molecule has 0 radical (unpaired) electrons. The maximum Gasteiger partial charge on any atom is 0.222 e. The fraction of sp³-hybridized carbons (Fsp3) is 0.778. The van der Waals surface area contributed by atoms with Crippen LogP contribution in [0.3, 0.4) is 0 Å². The summed E-state index contributed by atoms with van der Waals surface area (Å²) in [5.74, 6) is 0.588.